The van der Waals surface area contributed by atoms with E-state index in [9.17, 15) is 13.2 Å². The highest BCUT2D eigenvalue weighted by Crippen LogP contribution is 2.11. The molecule has 0 spiro atoms. The molecule has 1 unspecified atom stereocenters. The number of nitrogens with one attached hydrogen (secondary N) is 1. The molecule has 1 aromatic rings. The molecular weight excluding hydrogens is 302 g/mol. The van der Waals surface area contributed by atoms with E-state index >= 15 is 0 Å². The molecule has 0 aromatic heterocycles. The molecule has 20 heavy (non-hydrogen) atoms. The van der Waals surface area contributed by atoms with Crippen LogP contribution >= 0.6 is 11.6 Å². The summed E-state index contributed by atoms with van der Waals surface area (Å²) < 4.78 is 25.6. The molecule has 2 N–H and O–H groups in total. The van der Waals surface area contributed by atoms with Gasteiger partial charge in [-0.05, 0) is 30.2 Å². The van der Waals surface area contributed by atoms with E-state index in [-0.39, 0.29) is 6.54 Å². The van der Waals surface area contributed by atoms with Crippen molar-refractivity contribution in [3.05, 3.63) is 40.3 Å². The third-order valence-corrected chi connectivity index (χ3v) is 4.00. The van der Waals surface area contributed by atoms with Crippen molar-refractivity contribution < 1.29 is 18.3 Å². The zero-order chi connectivity index (χ0) is 15.2. The molecule has 0 aliphatic carbocycles. The van der Waals surface area contributed by atoms with Gasteiger partial charge in [-0.2, -0.15) is 0 Å². The molecule has 0 bridgehead atoms. The fourth-order valence-electron chi connectivity index (χ4n) is 1.41. The monoisotopic (exact) mass is 317 g/mol. The summed E-state index contributed by atoms with van der Waals surface area (Å²) in [7, 11) is -3.66. The Morgan fingerprint density at radius 3 is 2.50 bits per heavy atom. The lowest BCUT2D eigenvalue weighted by Crippen LogP contribution is -2.31. The second-order valence-electron chi connectivity index (χ2n) is 4.19. The van der Waals surface area contributed by atoms with Crippen molar-refractivity contribution in [3.63, 3.8) is 0 Å². The van der Waals surface area contributed by atoms with Crippen molar-refractivity contribution in [2.24, 2.45) is 5.92 Å². The lowest BCUT2D eigenvalue weighted by Gasteiger charge is -2.09. The summed E-state index contributed by atoms with van der Waals surface area (Å²) in [6, 6.07) is 6.67. The molecule has 0 saturated carbocycles. The van der Waals surface area contributed by atoms with Gasteiger partial charge in [0.25, 0.3) is 0 Å². The molecule has 1 atom stereocenters. The first-order chi connectivity index (χ1) is 9.34. The van der Waals surface area contributed by atoms with Crippen molar-refractivity contribution in [2.45, 2.75) is 13.3 Å². The molecule has 110 valence electrons. The zero-order valence-electron chi connectivity index (χ0n) is 10.9. The van der Waals surface area contributed by atoms with E-state index in [1.165, 1.54) is 6.08 Å². The lowest BCUT2D eigenvalue weighted by atomic mass is 10.1. The van der Waals surface area contributed by atoms with Crippen LogP contribution in [0.15, 0.2) is 29.7 Å². The largest absolute Gasteiger partial charge is 0.481 e. The molecule has 0 aliphatic heterocycles. The molecular formula is C13H16ClNO4S. The summed E-state index contributed by atoms with van der Waals surface area (Å²) in [5.41, 5.74) is 0.685. The van der Waals surface area contributed by atoms with E-state index in [2.05, 4.69) is 4.72 Å². The highest BCUT2D eigenvalue weighted by atomic mass is 35.5. The third kappa shape index (κ3) is 5.73. The Morgan fingerprint density at radius 1 is 1.40 bits per heavy atom. The number of carboxylic acids is 1. The minimum absolute atomic E-state index is 0.126. The first kappa shape index (κ1) is 16.7. The standard InChI is InChI=1S/C13H16ClNO4S/c1-2-11(13(16)17)9-15-20(18,19)8-7-10-3-5-12(14)6-4-10/h3-8,11,15H,2,9H2,1H3,(H,16,17). The van der Waals surface area contributed by atoms with Crippen molar-refractivity contribution in [3.8, 4) is 0 Å². The van der Waals surface area contributed by atoms with Crippen LogP contribution in [-0.2, 0) is 14.8 Å². The summed E-state index contributed by atoms with van der Waals surface area (Å²) in [5.74, 6) is -1.74. The van der Waals surface area contributed by atoms with Gasteiger partial charge < -0.3 is 5.11 Å². The molecule has 0 aliphatic rings. The zero-order valence-corrected chi connectivity index (χ0v) is 12.5. The second kappa shape index (κ2) is 7.42. The molecule has 0 radical (unpaired) electrons. The summed E-state index contributed by atoms with van der Waals surface area (Å²) >= 11 is 5.72. The Kier molecular flexibility index (Phi) is 6.19. The Labute approximate surface area is 123 Å². The van der Waals surface area contributed by atoms with Crippen LogP contribution in [0.1, 0.15) is 18.9 Å². The number of sulfonamides is 1. The number of halogens is 1. The van der Waals surface area contributed by atoms with E-state index < -0.39 is 21.9 Å². The van der Waals surface area contributed by atoms with Gasteiger partial charge in [-0.1, -0.05) is 30.7 Å². The van der Waals surface area contributed by atoms with Gasteiger partial charge in [0.05, 0.1) is 5.92 Å². The van der Waals surface area contributed by atoms with Crippen LogP contribution in [0.3, 0.4) is 0 Å². The van der Waals surface area contributed by atoms with Crippen LogP contribution in [-0.4, -0.2) is 26.0 Å². The average Bonchev–Trinajstić information content (AvgIpc) is 2.38. The fraction of sp³-hybridized carbons (Fsp3) is 0.308. The summed E-state index contributed by atoms with van der Waals surface area (Å²) in [4.78, 5) is 10.8. The van der Waals surface area contributed by atoms with Gasteiger partial charge in [0.15, 0.2) is 0 Å². The van der Waals surface area contributed by atoms with Crippen molar-refractivity contribution in [1.82, 2.24) is 4.72 Å². The molecule has 5 nitrogen and oxygen atoms in total. The van der Waals surface area contributed by atoms with Gasteiger partial charge in [-0.3, -0.25) is 4.79 Å². The highest BCUT2D eigenvalue weighted by Gasteiger charge is 2.17. The lowest BCUT2D eigenvalue weighted by molar-refractivity contribution is -0.141. The number of rotatable bonds is 7. The molecule has 0 saturated heterocycles. The third-order valence-electron chi connectivity index (χ3n) is 2.68. The molecule has 1 aromatic carbocycles. The van der Waals surface area contributed by atoms with E-state index in [1.807, 2.05) is 0 Å². The van der Waals surface area contributed by atoms with Gasteiger partial charge >= 0.3 is 5.97 Å². The van der Waals surface area contributed by atoms with E-state index in [0.29, 0.717) is 17.0 Å². The number of hydrogen-bond donors (Lipinski definition) is 2. The van der Waals surface area contributed by atoms with E-state index in [1.54, 1.807) is 31.2 Å². The number of carboxylic acid groups (broad SMARTS) is 1. The number of aliphatic carboxylic acids is 1. The Hall–Kier alpha value is -1.37. The predicted molar refractivity (Wildman–Crippen MR) is 78.8 cm³/mol. The Balaban J connectivity index is 2.65. The van der Waals surface area contributed by atoms with Gasteiger partial charge in [0.1, 0.15) is 0 Å². The fourth-order valence-corrected chi connectivity index (χ4v) is 2.41. The van der Waals surface area contributed by atoms with Crippen LogP contribution in [0.4, 0.5) is 0 Å². The van der Waals surface area contributed by atoms with Crippen LogP contribution in [0, 0.1) is 5.92 Å². The topological polar surface area (TPSA) is 83.5 Å². The molecule has 1 rings (SSSR count). The average molecular weight is 318 g/mol. The number of carbonyl (C=O) groups is 1. The van der Waals surface area contributed by atoms with Gasteiger partial charge in [-0.15, -0.1) is 0 Å². The second-order valence-corrected chi connectivity index (χ2v) is 6.28. The summed E-state index contributed by atoms with van der Waals surface area (Å²) in [6.45, 7) is 1.57. The van der Waals surface area contributed by atoms with Crippen LogP contribution in [0.2, 0.25) is 5.02 Å². The van der Waals surface area contributed by atoms with Gasteiger partial charge in [-0.25, -0.2) is 13.1 Å². The molecule has 0 fully saturated rings. The van der Waals surface area contributed by atoms with Crippen LogP contribution in [0.5, 0.6) is 0 Å². The van der Waals surface area contributed by atoms with Crippen molar-refractivity contribution in [1.29, 1.82) is 0 Å². The molecule has 0 amide bonds. The summed E-state index contributed by atoms with van der Waals surface area (Å²) in [5, 5.41) is 10.4. The van der Waals surface area contributed by atoms with Crippen molar-refractivity contribution in [2.75, 3.05) is 6.54 Å². The first-order valence-corrected chi connectivity index (χ1v) is 7.92. The quantitative estimate of drug-likeness (QED) is 0.808. The van der Waals surface area contributed by atoms with Gasteiger partial charge in [0, 0.05) is 17.0 Å². The minimum Gasteiger partial charge on any atom is -0.481 e. The number of hydrogen-bond acceptors (Lipinski definition) is 3. The Morgan fingerprint density at radius 2 is 2.00 bits per heavy atom. The van der Waals surface area contributed by atoms with Crippen molar-refractivity contribution >= 4 is 33.7 Å². The highest BCUT2D eigenvalue weighted by molar-refractivity contribution is 7.92. The van der Waals surface area contributed by atoms with E-state index in [4.69, 9.17) is 16.7 Å². The predicted octanol–water partition coefficient (Wildman–Crippen LogP) is 2.34. The Bertz CT molecular complexity index is 581. The smallest absolute Gasteiger partial charge is 0.307 e. The normalized spacial score (nSPS) is 13.5. The van der Waals surface area contributed by atoms with E-state index in [0.717, 1.165) is 5.41 Å². The minimum atomic E-state index is -3.66. The number of benzene rings is 1. The van der Waals surface area contributed by atoms with Crippen LogP contribution < -0.4 is 4.72 Å². The molecule has 7 heteroatoms. The maximum Gasteiger partial charge on any atom is 0.307 e. The maximum absolute atomic E-state index is 11.7. The van der Waals surface area contributed by atoms with Crippen LogP contribution in [0.25, 0.3) is 6.08 Å². The first-order valence-electron chi connectivity index (χ1n) is 6.00. The summed E-state index contributed by atoms with van der Waals surface area (Å²) in [6.07, 6.45) is 1.78. The molecule has 0 heterocycles. The maximum atomic E-state index is 11.7. The van der Waals surface area contributed by atoms with Gasteiger partial charge in [0.2, 0.25) is 10.0 Å². The SMILES string of the molecule is CCC(CNS(=O)(=O)C=Cc1ccc(Cl)cc1)C(=O)O.